The monoisotopic (exact) mass is 321 g/mol. The zero-order valence-electron chi connectivity index (χ0n) is 14.9. The predicted molar refractivity (Wildman–Crippen MR) is 99.1 cm³/mol. The molecule has 0 saturated carbocycles. The fourth-order valence-electron chi connectivity index (χ4n) is 3.00. The average Bonchev–Trinajstić information content (AvgIpc) is 2.59. The van der Waals surface area contributed by atoms with Crippen LogP contribution in [0, 0.1) is 6.92 Å². The van der Waals surface area contributed by atoms with Crippen LogP contribution in [0.1, 0.15) is 30.9 Å². The third-order valence-electron chi connectivity index (χ3n) is 4.25. The molecule has 3 rings (SSSR count). The molecule has 3 nitrogen and oxygen atoms in total. The maximum absolute atomic E-state index is 5.41. The van der Waals surface area contributed by atoms with E-state index in [-0.39, 0.29) is 0 Å². The maximum Gasteiger partial charge on any atom is 0.121 e. The highest BCUT2D eigenvalue weighted by Gasteiger charge is 2.12. The van der Waals surface area contributed by atoms with Crippen molar-refractivity contribution in [3.05, 3.63) is 53.6 Å². The summed E-state index contributed by atoms with van der Waals surface area (Å²) in [5, 5.41) is 1.18. The second-order valence-corrected chi connectivity index (χ2v) is 6.37. The highest BCUT2D eigenvalue weighted by molar-refractivity contribution is 5.87. The fraction of sp³-hybridized carbons (Fsp3) is 0.286. The lowest BCUT2D eigenvalue weighted by atomic mass is 9.95. The summed E-state index contributed by atoms with van der Waals surface area (Å²) >= 11 is 0. The molecule has 0 bridgehead atoms. The molecule has 0 aliphatic carbocycles. The Kier molecular flexibility index (Phi) is 4.43. The van der Waals surface area contributed by atoms with Gasteiger partial charge in [-0.3, -0.25) is 0 Å². The smallest absolute Gasteiger partial charge is 0.121 e. The molecule has 124 valence electrons. The lowest BCUT2D eigenvalue weighted by Crippen LogP contribution is -1.96. The number of benzene rings is 2. The molecule has 0 spiro atoms. The number of hydrogen-bond acceptors (Lipinski definition) is 3. The number of aromatic nitrogens is 1. The summed E-state index contributed by atoms with van der Waals surface area (Å²) in [6.07, 6.45) is 0. The van der Waals surface area contributed by atoms with Crippen molar-refractivity contribution in [3.8, 4) is 22.8 Å². The molecule has 0 amide bonds. The van der Waals surface area contributed by atoms with E-state index in [1.54, 1.807) is 14.2 Å². The zero-order chi connectivity index (χ0) is 17.3. The molecule has 0 atom stereocenters. The lowest BCUT2D eigenvalue weighted by molar-refractivity contribution is 0.414. The van der Waals surface area contributed by atoms with Gasteiger partial charge in [0.2, 0.25) is 0 Å². The topological polar surface area (TPSA) is 31.4 Å². The predicted octanol–water partition coefficient (Wildman–Crippen LogP) is 5.35. The van der Waals surface area contributed by atoms with Crippen molar-refractivity contribution >= 4 is 10.9 Å². The van der Waals surface area contributed by atoms with Crippen molar-refractivity contribution in [1.82, 2.24) is 4.98 Å². The number of fused-ring (bicyclic) bond motifs is 1. The molecule has 1 heterocycles. The van der Waals surface area contributed by atoms with Crippen LogP contribution in [0.3, 0.4) is 0 Å². The van der Waals surface area contributed by atoms with E-state index in [1.165, 1.54) is 10.9 Å². The number of nitrogens with zero attached hydrogens (tertiary/aromatic N) is 1. The number of ether oxygens (including phenoxy) is 2. The summed E-state index contributed by atoms with van der Waals surface area (Å²) in [4.78, 5) is 4.88. The summed E-state index contributed by atoms with van der Waals surface area (Å²) in [5.41, 5.74) is 5.43. The maximum atomic E-state index is 5.41. The molecule has 1 aromatic heterocycles. The number of aryl methyl sites for hydroxylation is 1. The van der Waals surface area contributed by atoms with Gasteiger partial charge >= 0.3 is 0 Å². The molecule has 3 heteroatoms. The minimum absolute atomic E-state index is 0.411. The lowest BCUT2D eigenvalue weighted by Gasteiger charge is -2.14. The Balaban J connectivity index is 2.26. The van der Waals surface area contributed by atoms with Crippen LogP contribution >= 0.6 is 0 Å². The van der Waals surface area contributed by atoms with Gasteiger partial charge in [0.05, 0.1) is 25.4 Å². The van der Waals surface area contributed by atoms with Crippen LogP contribution < -0.4 is 9.47 Å². The molecule has 0 saturated heterocycles. The van der Waals surface area contributed by atoms with Crippen molar-refractivity contribution < 1.29 is 9.47 Å². The van der Waals surface area contributed by atoms with Gasteiger partial charge in [-0.2, -0.15) is 0 Å². The third kappa shape index (κ3) is 3.07. The van der Waals surface area contributed by atoms with Gasteiger partial charge in [0, 0.05) is 17.0 Å². The highest BCUT2D eigenvalue weighted by atomic mass is 16.5. The minimum Gasteiger partial charge on any atom is -0.497 e. The summed E-state index contributed by atoms with van der Waals surface area (Å²) in [6, 6.07) is 14.5. The van der Waals surface area contributed by atoms with Crippen molar-refractivity contribution in [2.75, 3.05) is 14.2 Å². The molecule has 0 aliphatic heterocycles. The van der Waals surface area contributed by atoms with Crippen molar-refractivity contribution in [1.29, 1.82) is 0 Å². The SMILES string of the molecule is COc1cc(C)cc(-c2cc(C(C)C)c3ccc(OC)cc3n2)c1. The zero-order valence-corrected chi connectivity index (χ0v) is 14.9. The van der Waals surface area contributed by atoms with E-state index >= 15 is 0 Å². The second-order valence-electron chi connectivity index (χ2n) is 6.37. The van der Waals surface area contributed by atoms with Crippen LogP contribution in [0.2, 0.25) is 0 Å². The van der Waals surface area contributed by atoms with Gasteiger partial charge in [-0.25, -0.2) is 4.98 Å². The van der Waals surface area contributed by atoms with Gasteiger partial charge in [-0.05, 0) is 60.4 Å². The van der Waals surface area contributed by atoms with E-state index < -0.39 is 0 Å². The van der Waals surface area contributed by atoms with Crippen LogP contribution in [-0.4, -0.2) is 19.2 Å². The summed E-state index contributed by atoms with van der Waals surface area (Å²) in [6.45, 7) is 6.48. The van der Waals surface area contributed by atoms with Crippen LogP contribution in [0.5, 0.6) is 11.5 Å². The number of hydrogen-bond donors (Lipinski definition) is 0. The molecule has 3 aromatic rings. The van der Waals surface area contributed by atoms with Gasteiger partial charge in [-0.15, -0.1) is 0 Å². The third-order valence-corrected chi connectivity index (χ3v) is 4.25. The van der Waals surface area contributed by atoms with E-state index in [2.05, 4.69) is 39.0 Å². The van der Waals surface area contributed by atoms with Gasteiger partial charge in [0.1, 0.15) is 11.5 Å². The van der Waals surface area contributed by atoms with Crippen molar-refractivity contribution in [2.24, 2.45) is 0 Å². The van der Waals surface area contributed by atoms with Crippen LogP contribution in [-0.2, 0) is 0 Å². The Hall–Kier alpha value is -2.55. The van der Waals surface area contributed by atoms with E-state index in [9.17, 15) is 0 Å². The van der Waals surface area contributed by atoms with E-state index in [4.69, 9.17) is 14.5 Å². The molecule has 0 fully saturated rings. The molecule has 0 radical (unpaired) electrons. The molecule has 2 aromatic carbocycles. The number of rotatable bonds is 4. The first-order valence-electron chi connectivity index (χ1n) is 8.16. The molecule has 0 aliphatic rings. The first-order chi connectivity index (χ1) is 11.5. The van der Waals surface area contributed by atoms with Gasteiger partial charge < -0.3 is 9.47 Å². The van der Waals surface area contributed by atoms with Crippen molar-refractivity contribution in [2.45, 2.75) is 26.7 Å². The fourth-order valence-corrected chi connectivity index (χ4v) is 3.00. The Morgan fingerprint density at radius 1 is 0.875 bits per heavy atom. The summed E-state index contributed by atoms with van der Waals surface area (Å²) in [5.74, 6) is 2.08. The van der Waals surface area contributed by atoms with E-state index in [1.807, 2.05) is 24.3 Å². The van der Waals surface area contributed by atoms with Gasteiger partial charge in [0.25, 0.3) is 0 Å². The Morgan fingerprint density at radius 3 is 2.29 bits per heavy atom. The highest BCUT2D eigenvalue weighted by Crippen LogP contribution is 2.32. The summed E-state index contributed by atoms with van der Waals surface area (Å²) in [7, 11) is 3.37. The number of methoxy groups -OCH3 is 2. The largest absolute Gasteiger partial charge is 0.497 e. The molecular weight excluding hydrogens is 298 g/mol. The van der Waals surface area contributed by atoms with Crippen LogP contribution in [0.4, 0.5) is 0 Å². The van der Waals surface area contributed by atoms with E-state index in [0.29, 0.717) is 5.92 Å². The average molecular weight is 321 g/mol. The Labute approximate surface area is 143 Å². The summed E-state index contributed by atoms with van der Waals surface area (Å²) < 4.78 is 10.8. The molecular formula is C21H23NO2. The molecule has 0 N–H and O–H groups in total. The standard InChI is InChI=1S/C21H23NO2/c1-13(2)19-12-20(15-8-14(3)9-17(10-15)24-5)22-21-11-16(23-4)6-7-18(19)21/h6-13H,1-5H3. The Bertz CT molecular complexity index is 884. The van der Waals surface area contributed by atoms with Crippen molar-refractivity contribution in [3.63, 3.8) is 0 Å². The second kappa shape index (κ2) is 6.52. The molecule has 0 unspecified atom stereocenters. The normalized spacial score (nSPS) is 11.1. The molecule has 24 heavy (non-hydrogen) atoms. The quantitative estimate of drug-likeness (QED) is 0.649. The first kappa shape index (κ1) is 16.3. The Morgan fingerprint density at radius 2 is 1.62 bits per heavy atom. The van der Waals surface area contributed by atoms with E-state index in [0.717, 1.165) is 33.8 Å². The van der Waals surface area contributed by atoms with Gasteiger partial charge in [-0.1, -0.05) is 13.8 Å². The van der Waals surface area contributed by atoms with Crippen LogP contribution in [0.15, 0.2) is 42.5 Å². The van der Waals surface area contributed by atoms with Gasteiger partial charge in [0.15, 0.2) is 0 Å². The minimum atomic E-state index is 0.411. The van der Waals surface area contributed by atoms with Crippen LogP contribution in [0.25, 0.3) is 22.2 Å². The first-order valence-corrected chi connectivity index (χ1v) is 8.16. The number of pyridine rings is 1.